The Morgan fingerprint density at radius 3 is 2.42 bits per heavy atom. The van der Waals surface area contributed by atoms with Crippen LogP contribution in [0.1, 0.15) is 43.6 Å². The largest absolute Gasteiger partial charge is 0.483 e. The molecule has 0 spiro atoms. The molecule has 1 aliphatic carbocycles. The lowest BCUT2D eigenvalue weighted by Crippen LogP contribution is -2.22. The summed E-state index contributed by atoms with van der Waals surface area (Å²) in [5.74, 6) is 0.895. The summed E-state index contributed by atoms with van der Waals surface area (Å²) in [5.41, 5.74) is 1.29. The first-order valence-electron chi connectivity index (χ1n) is 8.51. The molecule has 0 bridgehead atoms. The fourth-order valence-electron chi connectivity index (χ4n) is 3.20. The van der Waals surface area contributed by atoms with E-state index in [4.69, 9.17) is 14.6 Å². The molecule has 24 heavy (non-hydrogen) atoms. The zero-order valence-corrected chi connectivity index (χ0v) is 14.7. The molecule has 1 aromatic carbocycles. The Balaban J connectivity index is 0.000000891. The molecule has 1 saturated carbocycles. The first-order chi connectivity index (χ1) is 11.6. The molecule has 0 aliphatic heterocycles. The summed E-state index contributed by atoms with van der Waals surface area (Å²) in [4.78, 5) is 22.5. The number of carbonyl (C=O) groups is 2. The molecule has 134 valence electrons. The van der Waals surface area contributed by atoms with Gasteiger partial charge in [-0.3, -0.25) is 9.59 Å². The highest BCUT2D eigenvalue weighted by atomic mass is 16.5. The molecule has 0 aromatic heterocycles. The molecule has 1 N–H and O–H groups in total. The van der Waals surface area contributed by atoms with Crippen molar-refractivity contribution >= 4 is 12.4 Å². The molecule has 5 heteroatoms. The summed E-state index contributed by atoms with van der Waals surface area (Å²) < 4.78 is 5.38. The van der Waals surface area contributed by atoms with Gasteiger partial charge in [0.1, 0.15) is 6.61 Å². The fourth-order valence-corrected chi connectivity index (χ4v) is 3.20. The van der Waals surface area contributed by atoms with Crippen LogP contribution >= 0.6 is 0 Å². The van der Waals surface area contributed by atoms with Crippen molar-refractivity contribution in [3.63, 3.8) is 0 Å². The highest BCUT2D eigenvalue weighted by Gasteiger charge is 2.28. The van der Waals surface area contributed by atoms with E-state index in [2.05, 4.69) is 24.3 Å². The molecule has 0 saturated heterocycles. The summed E-state index contributed by atoms with van der Waals surface area (Å²) in [6.45, 7) is 1.02. The molecule has 1 unspecified atom stereocenters. The third-order valence-electron chi connectivity index (χ3n) is 4.38. The SMILES string of the molecule is CN(C)CCOC(=O)CC(c1ccccc1)C1CCCC1.O=CO. The van der Waals surface area contributed by atoms with Crippen molar-refractivity contribution in [3.05, 3.63) is 35.9 Å². The summed E-state index contributed by atoms with van der Waals surface area (Å²) in [6, 6.07) is 10.5. The highest BCUT2D eigenvalue weighted by Crippen LogP contribution is 2.39. The average molecular weight is 335 g/mol. The number of nitrogens with zero attached hydrogens (tertiary/aromatic N) is 1. The molecule has 1 aromatic rings. The molecule has 1 fully saturated rings. The van der Waals surface area contributed by atoms with Gasteiger partial charge in [0, 0.05) is 6.54 Å². The van der Waals surface area contributed by atoms with Gasteiger partial charge in [0.2, 0.25) is 0 Å². The van der Waals surface area contributed by atoms with Gasteiger partial charge in [0.25, 0.3) is 6.47 Å². The molecular formula is C19H29NO4. The minimum absolute atomic E-state index is 0.0578. The van der Waals surface area contributed by atoms with E-state index in [0.29, 0.717) is 24.9 Å². The van der Waals surface area contributed by atoms with E-state index in [1.165, 1.54) is 31.2 Å². The van der Waals surface area contributed by atoms with Crippen LogP contribution < -0.4 is 0 Å². The molecule has 1 aliphatic rings. The Kier molecular flexibility index (Phi) is 9.77. The van der Waals surface area contributed by atoms with E-state index in [0.717, 1.165) is 6.54 Å². The number of carbonyl (C=O) groups excluding carboxylic acids is 1. The van der Waals surface area contributed by atoms with E-state index in [1.54, 1.807) is 0 Å². The normalized spacial score (nSPS) is 15.5. The molecular weight excluding hydrogens is 306 g/mol. The van der Waals surface area contributed by atoms with Crippen molar-refractivity contribution in [2.75, 3.05) is 27.2 Å². The first kappa shape index (κ1) is 20.2. The van der Waals surface area contributed by atoms with Crippen molar-refractivity contribution in [2.24, 2.45) is 5.92 Å². The third kappa shape index (κ3) is 7.59. The van der Waals surface area contributed by atoms with Crippen LogP contribution in [0, 0.1) is 5.92 Å². The second kappa shape index (κ2) is 11.6. The summed E-state index contributed by atoms with van der Waals surface area (Å²) in [5, 5.41) is 6.89. The minimum atomic E-state index is -0.250. The second-order valence-electron chi connectivity index (χ2n) is 6.39. The van der Waals surface area contributed by atoms with E-state index >= 15 is 0 Å². The van der Waals surface area contributed by atoms with Crippen molar-refractivity contribution < 1.29 is 19.4 Å². The molecule has 5 nitrogen and oxygen atoms in total. The molecule has 0 heterocycles. The van der Waals surface area contributed by atoms with Crippen LogP contribution in [0.4, 0.5) is 0 Å². The number of esters is 1. The first-order valence-corrected chi connectivity index (χ1v) is 8.51. The van der Waals surface area contributed by atoms with E-state index < -0.39 is 0 Å². The van der Waals surface area contributed by atoms with Gasteiger partial charge in [0.05, 0.1) is 6.42 Å². The Morgan fingerprint density at radius 2 is 1.88 bits per heavy atom. The summed E-state index contributed by atoms with van der Waals surface area (Å²) >= 11 is 0. The fraction of sp³-hybridized carbons (Fsp3) is 0.579. The van der Waals surface area contributed by atoms with Crippen molar-refractivity contribution in [1.82, 2.24) is 4.90 Å². The van der Waals surface area contributed by atoms with Crippen LogP contribution in [0.15, 0.2) is 30.3 Å². The number of likely N-dealkylation sites (N-methyl/N-ethyl adjacent to an activating group) is 1. The van der Waals surface area contributed by atoms with Crippen molar-refractivity contribution in [2.45, 2.75) is 38.0 Å². The van der Waals surface area contributed by atoms with Crippen LogP contribution in [0.3, 0.4) is 0 Å². The van der Waals surface area contributed by atoms with Gasteiger partial charge < -0.3 is 14.7 Å². The Bertz CT molecular complexity index is 470. The van der Waals surface area contributed by atoms with Crippen LogP contribution in [0.25, 0.3) is 0 Å². The maximum atomic E-state index is 12.1. The van der Waals surface area contributed by atoms with Crippen LogP contribution in [-0.2, 0) is 14.3 Å². The topological polar surface area (TPSA) is 66.8 Å². The Hall–Kier alpha value is -1.88. The standard InChI is InChI=1S/C18H27NO2.CH2O2/c1-19(2)12-13-21-18(20)14-17(16-10-6-7-11-16)15-8-4-3-5-9-15;2-1-3/h3-5,8-9,16-17H,6-7,10-14H2,1-2H3;1H,(H,2,3). The van der Waals surface area contributed by atoms with Gasteiger partial charge in [-0.15, -0.1) is 0 Å². The number of ether oxygens (including phenoxy) is 1. The zero-order chi connectivity index (χ0) is 17.8. The highest BCUT2D eigenvalue weighted by molar-refractivity contribution is 5.70. The van der Waals surface area contributed by atoms with Gasteiger partial charge in [-0.05, 0) is 44.3 Å². The summed E-state index contributed by atoms with van der Waals surface area (Å²) in [6.07, 6.45) is 5.59. The van der Waals surface area contributed by atoms with Gasteiger partial charge in [-0.1, -0.05) is 43.2 Å². The molecule has 1 atom stereocenters. The second-order valence-corrected chi connectivity index (χ2v) is 6.39. The van der Waals surface area contributed by atoms with Crippen LogP contribution in [0.5, 0.6) is 0 Å². The summed E-state index contributed by atoms with van der Waals surface area (Å²) in [7, 11) is 3.97. The third-order valence-corrected chi connectivity index (χ3v) is 4.38. The number of hydrogen-bond acceptors (Lipinski definition) is 4. The van der Waals surface area contributed by atoms with E-state index in [9.17, 15) is 4.79 Å². The quantitative estimate of drug-likeness (QED) is 0.612. The van der Waals surface area contributed by atoms with Crippen LogP contribution in [0.2, 0.25) is 0 Å². The number of rotatable bonds is 7. The average Bonchev–Trinajstić information content (AvgIpc) is 3.08. The smallest absolute Gasteiger partial charge is 0.306 e. The Morgan fingerprint density at radius 1 is 1.29 bits per heavy atom. The monoisotopic (exact) mass is 335 g/mol. The lowest BCUT2D eigenvalue weighted by atomic mass is 9.82. The maximum Gasteiger partial charge on any atom is 0.306 e. The molecule has 2 rings (SSSR count). The Labute approximate surface area is 144 Å². The van der Waals surface area contributed by atoms with Crippen molar-refractivity contribution in [3.8, 4) is 0 Å². The number of hydrogen-bond donors (Lipinski definition) is 1. The van der Waals surface area contributed by atoms with Crippen LogP contribution in [-0.4, -0.2) is 49.7 Å². The molecule has 0 amide bonds. The number of carboxylic acid groups (broad SMARTS) is 1. The lowest BCUT2D eigenvalue weighted by Gasteiger charge is -2.23. The zero-order valence-electron chi connectivity index (χ0n) is 14.7. The predicted molar refractivity (Wildman–Crippen MR) is 94.0 cm³/mol. The van der Waals surface area contributed by atoms with Gasteiger partial charge in [-0.25, -0.2) is 0 Å². The molecule has 0 radical (unpaired) electrons. The maximum absolute atomic E-state index is 12.1. The van der Waals surface area contributed by atoms with Crippen molar-refractivity contribution in [1.29, 1.82) is 0 Å². The van der Waals surface area contributed by atoms with Gasteiger partial charge in [-0.2, -0.15) is 0 Å². The van der Waals surface area contributed by atoms with Gasteiger partial charge in [0.15, 0.2) is 0 Å². The predicted octanol–water partition coefficient (Wildman–Crippen LogP) is 3.16. The van der Waals surface area contributed by atoms with E-state index in [1.807, 2.05) is 25.1 Å². The number of benzene rings is 1. The van der Waals surface area contributed by atoms with Gasteiger partial charge >= 0.3 is 5.97 Å². The van der Waals surface area contributed by atoms with E-state index in [-0.39, 0.29) is 12.4 Å². The lowest BCUT2D eigenvalue weighted by molar-refractivity contribution is -0.144. The minimum Gasteiger partial charge on any atom is -0.483 e.